The molecule has 0 amide bonds. The van der Waals surface area contributed by atoms with Crippen molar-refractivity contribution in [3.05, 3.63) is 23.9 Å². The smallest absolute Gasteiger partial charge is 0.141 e. The van der Waals surface area contributed by atoms with Crippen molar-refractivity contribution < 1.29 is 5.11 Å². The Labute approximate surface area is 79.5 Å². The van der Waals surface area contributed by atoms with Crippen LogP contribution in [0, 0.1) is 0 Å². The number of aliphatic hydroxyl groups is 1. The number of hydrogen-bond acceptors (Lipinski definition) is 3. The van der Waals surface area contributed by atoms with Gasteiger partial charge in [-0.25, -0.2) is 0 Å². The molecule has 0 saturated heterocycles. The highest BCUT2D eigenvalue weighted by molar-refractivity contribution is 5.24. The van der Waals surface area contributed by atoms with E-state index in [1.165, 1.54) is 0 Å². The van der Waals surface area contributed by atoms with Crippen LogP contribution >= 0.6 is 0 Å². The molecule has 1 aliphatic rings. The van der Waals surface area contributed by atoms with E-state index >= 15 is 0 Å². The third-order valence-electron chi connectivity index (χ3n) is 2.49. The lowest BCUT2D eigenvalue weighted by atomic mass is 10.0. The van der Waals surface area contributed by atoms with Crippen LogP contribution in [-0.2, 0) is 0 Å². The van der Waals surface area contributed by atoms with Gasteiger partial charge in [-0.15, -0.1) is 0 Å². The van der Waals surface area contributed by atoms with Gasteiger partial charge < -0.3 is 10.8 Å². The van der Waals surface area contributed by atoms with Gasteiger partial charge in [0.15, 0.2) is 0 Å². The van der Waals surface area contributed by atoms with Crippen molar-refractivity contribution >= 4 is 0 Å². The first kappa shape index (κ1) is 10.3. The topological polar surface area (TPSA) is 49.5 Å². The van der Waals surface area contributed by atoms with Crippen LogP contribution in [0.5, 0.6) is 0 Å². The van der Waals surface area contributed by atoms with Gasteiger partial charge in [0.25, 0.3) is 0 Å². The van der Waals surface area contributed by atoms with E-state index in [1.807, 2.05) is 24.8 Å². The molecule has 0 bridgehead atoms. The monoisotopic (exact) mass is 182 g/mol. The van der Waals surface area contributed by atoms with Crippen molar-refractivity contribution in [2.45, 2.75) is 26.0 Å². The fourth-order valence-electron chi connectivity index (χ4n) is 1.64. The molecule has 0 fully saturated rings. The summed E-state index contributed by atoms with van der Waals surface area (Å²) in [6.45, 7) is 5.75. The molecule has 3 heteroatoms. The number of nitrogens with two attached hydrogens (primary N) is 1. The van der Waals surface area contributed by atoms with Gasteiger partial charge in [0.1, 0.15) is 5.72 Å². The van der Waals surface area contributed by atoms with Crippen LogP contribution in [0.1, 0.15) is 20.3 Å². The van der Waals surface area contributed by atoms with Gasteiger partial charge in [0.2, 0.25) is 0 Å². The summed E-state index contributed by atoms with van der Waals surface area (Å²) in [7, 11) is 0. The summed E-state index contributed by atoms with van der Waals surface area (Å²) in [5.41, 5.74) is 5.49. The van der Waals surface area contributed by atoms with Crippen molar-refractivity contribution in [3.63, 3.8) is 0 Å². The van der Waals surface area contributed by atoms with Crippen molar-refractivity contribution in [1.29, 1.82) is 0 Å². The maximum absolute atomic E-state index is 10.2. The van der Waals surface area contributed by atoms with Crippen LogP contribution in [0.2, 0.25) is 0 Å². The van der Waals surface area contributed by atoms with Crippen LogP contribution < -0.4 is 5.73 Å². The second kappa shape index (κ2) is 3.94. The first-order chi connectivity index (χ1) is 6.12. The standard InChI is InChI=1S/C10H18N2O/c1-3-12(4-2)10(13)7-5-9(11)6-8-10/h5-7,13H,3-4,8,11H2,1-2H3. The molecule has 74 valence electrons. The number of allylic oxidation sites excluding steroid dienone is 1. The Hall–Kier alpha value is -0.800. The number of hydrogen-bond donors (Lipinski definition) is 2. The summed E-state index contributed by atoms with van der Waals surface area (Å²) < 4.78 is 0. The molecule has 1 rings (SSSR count). The maximum atomic E-state index is 10.2. The molecular formula is C10H18N2O. The van der Waals surface area contributed by atoms with Crippen molar-refractivity contribution in [3.8, 4) is 0 Å². The van der Waals surface area contributed by atoms with Gasteiger partial charge in [-0.2, -0.15) is 0 Å². The van der Waals surface area contributed by atoms with Crippen LogP contribution in [0.4, 0.5) is 0 Å². The van der Waals surface area contributed by atoms with Crippen molar-refractivity contribution in [2.75, 3.05) is 13.1 Å². The van der Waals surface area contributed by atoms with E-state index < -0.39 is 5.72 Å². The molecule has 0 aromatic carbocycles. The quantitative estimate of drug-likeness (QED) is 0.635. The van der Waals surface area contributed by atoms with E-state index in [2.05, 4.69) is 0 Å². The molecule has 0 spiro atoms. The van der Waals surface area contributed by atoms with Gasteiger partial charge in [-0.1, -0.05) is 19.9 Å². The van der Waals surface area contributed by atoms with Crippen molar-refractivity contribution in [2.24, 2.45) is 5.73 Å². The van der Waals surface area contributed by atoms with Crippen LogP contribution in [-0.4, -0.2) is 28.8 Å². The van der Waals surface area contributed by atoms with E-state index in [9.17, 15) is 5.11 Å². The third-order valence-corrected chi connectivity index (χ3v) is 2.49. The molecule has 0 aliphatic heterocycles. The lowest BCUT2D eigenvalue weighted by Crippen LogP contribution is -2.47. The second-order valence-corrected chi connectivity index (χ2v) is 3.29. The highest BCUT2D eigenvalue weighted by atomic mass is 16.3. The Morgan fingerprint density at radius 2 is 2.15 bits per heavy atom. The van der Waals surface area contributed by atoms with Crippen molar-refractivity contribution in [1.82, 2.24) is 4.90 Å². The fourth-order valence-corrected chi connectivity index (χ4v) is 1.64. The summed E-state index contributed by atoms with van der Waals surface area (Å²) in [4.78, 5) is 2.01. The Morgan fingerprint density at radius 1 is 1.54 bits per heavy atom. The summed E-state index contributed by atoms with van der Waals surface area (Å²) in [5, 5.41) is 10.2. The minimum absolute atomic E-state index is 0.580. The predicted molar refractivity (Wildman–Crippen MR) is 53.9 cm³/mol. The molecular weight excluding hydrogens is 164 g/mol. The summed E-state index contributed by atoms with van der Waals surface area (Å²) in [6.07, 6.45) is 5.98. The molecule has 0 radical (unpaired) electrons. The van der Waals surface area contributed by atoms with Gasteiger partial charge >= 0.3 is 0 Å². The van der Waals surface area contributed by atoms with Crippen LogP contribution in [0.3, 0.4) is 0 Å². The Bertz CT molecular complexity index is 231. The first-order valence-electron chi connectivity index (χ1n) is 4.74. The lowest BCUT2D eigenvalue weighted by molar-refractivity contribution is -0.0611. The zero-order chi connectivity index (χ0) is 9.90. The lowest BCUT2D eigenvalue weighted by Gasteiger charge is -2.37. The maximum Gasteiger partial charge on any atom is 0.141 e. The SMILES string of the molecule is CCN(CC)C1(O)C=CC(N)=CC1. The van der Waals surface area contributed by atoms with Crippen LogP contribution in [0.15, 0.2) is 23.9 Å². The molecule has 0 heterocycles. The van der Waals surface area contributed by atoms with E-state index in [0.29, 0.717) is 6.42 Å². The summed E-state index contributed by atoms with van der Waals surface area (Å²) in [5.74, 6) is 0. The Kier molecular flexibility index (Phi) is 3.12. The summed E-state index contributed by atoms with van der Waals surface area (Å²) >= 11 is 0. The van der Waals surface area contributed by atoms with Gasteiger partial charge in [0, 0.05) is 12.1 Å². The van der Waals surface area contributed by atoms with E-state index in [4.69, 9.17) is 5.73 Å². The Balaban J connectivity index is 2.73. The zero-order valence-electron chi connectivity index (χ0n) is 8.33. The molecule has 13 heavy (non-hydrogen) atoms. The molecule has 1 aliphatic carbocycles. The fraction of sp³-hybridized carbons (Fsp3) is 0.600. The molecule has 0 aromatic rings. The van der Waals surface area contributed by atoms with E-state index in [-0.39, 0.29) is 0 Å². The zero-order valence-corrected chi connectivity index (χ0v) is 8.33. The normalized spacial score (nSPS) is 27.8. The second-order valence-electron chi connectivity index (χ2n) is 3.29. The van der Waals surface area contributed by atoms with Crippen LogP contribution in [0.25, 0.3) is 0 Å². The molecule has 1 atom stereocenters. The highest BCUT2D eigenvalue weighted by Gasteiger charge is 2.29. The number of rotatable bonds is 3. The first-order valence-corrected chi connectivity index (χ1v) is 4.74. The largest absolute Gasteiger partial charge is 0.399 e. The van der Waals surface area contributed by atoms with Gasteiger partial charge in [-0.05, 0) is 25.2 Å². The van der Waals surface area contributed by atoms with Gasteiger partial charge in [-0.3, -0.25) is 4.90 Å². The summed E-state index contributed by atoms with van der Waals surface area (Å²) in [6, 6.07) is 0. The van der Waals surface area contributed by atoms with E-state index in [1.54, 1.807) is 12.2 Å². The van der Waals surface area contributed by atoms with Gasteiger partial charge in [0.05, 0.1) is 0 Å². The highest BCUT2D eigenvalue weighted by Crippen LogP contribution is 2.23. The third kappa shape index (κ3) is 2.11. The predicted octanol–water partition coefficient (Wildman–Crippen LogP) is 0.819. The molecule has 3 N–H and O–H groups in total. The number of likely N-dealkylation sites (N-methyl/N-ethyl adjacent to an activating group) is 1. The molecule has 0 aromatic heterocycles. The Morgan fingerprint density at radius 3 is 2.54 bits per heavy atom. The average molecular weight is 182 g/mol. The van der Waals surface area contributed by atoms with E-state index in [0.717, 1.165) is 18.8 Å². The number of nitrogens with zero attached hydrogens (tertiary/aromatic N) is 1. The molecule has 0 saturated carbocycles. The minimum atomic E-state index is -0.827. The molecule has 3 nitrogen and oxygen atoms in total. The molecule has 1 unspecified atom stereocenters. The minimum Gasteiger partial charge on any atom is -0.399 e. The average Bonchev–Trinajstić information content (AvgIpc) is 2.13.